The molecule has 0 aliphatic rings. The first-order valence-corrected chi connectivity index (χ1v) is 5.20. The van der Waals surface area contributed by atoms with Crippen molar-refractivity contribution in [2.24, 2.45) is 5.10 Å². The fourth-order valence-electron chi connectivity index (χ4n) is 1.28. The number of benzene rings is 1. The highest BCUT2D eigenvalue weighted by Gasteiger charge is 2.15. The summed E-state index contributed by atoms with van der Waals surface area (Å²) >= 11 is 0. The van der Waals surface area contributed by atoms with Crippen LogP contribution in [0.1, 0.15) is 10.4 Å². The van der Waals surface area contributed by atoms with E-state index in [0.717, 1.165) is 0 Å². The zero-order valence-corrected chi connectivity index (χ0v) is 10.7. The molecule has 1 rings (SSSR count). The van der Waals surface area contributed by atoms with Gasteiger partial charge in [-0.3, -0.25) is 5.43 Å². The van der Waals surface area contributed by atoms with Crippen molar-refractivity contribution in [1.82, 2.24) is 0 Å². The third-order valence-electron chi connectivity index (χ3n) is 2.22. The van der Waals surface area contributed by atoms with Gasteiger partial charge in [-0.25, -0.2) is 4.79 Å². The molecule has 0 saturated heterocycles. The van der Waals surface area contributed by atoms with E-state index in [4.69, 9.17) is 15.3 Å². The number of aromatic hydroxyl groups is 1. The molecular weight excluding hydrogens is 264 g/mol. The Kier molecular flexibility index (Phi) is 4.89. The first-order chi connectivity index (χ1) is 9.57. The Morgan fingerprint density at radius 3 is 2.50 bits per heavy atom. The molecule has 2 N–H and O–H groups in total. The SMILES string of the molecule is COC(=O)c1cc(NN=C(C#N)C#N)c(O)c(OC)c1. The second-order valence-electron chi connectivity index (χ2n) is 3.36. The fraction of sp³-hybridized carbons (Fsp3) is 0.167. The summed E-state index contributed by atoms with van der Waals surface area (Å²) in [6.45, 7) is 0. The second kappa shape index (κ2) is 6.61. The Hall–Kier alpha value is -3.26. The Balaban J connectivity index is 3.25. The first kappa shape index (κ1) is 14.8. The molecule has 0 atom stereocenters. The number of hydrogen-bond donors (Lipinski definition) is 2. The molecular formula is C12H10N4O4. The second-order valence-corrected chi connectivity index (χ2v) is 3.36. The molecule has 102 valence electrons. The summed E-state index contributed by atoms with van der Waals surface area (Å²) in [5.74, 6) is -0.948. The molecule has 0 bridgehead atoms. The molecule has 0 heterocycles. The van der Waals surface area contributed by atoms with Crippen molar-refractivity contribution in [3.8, 4) is 23.6 Å². The van der Waals surface area contributed by atoms with Crippen molar-refractivity contribution in [1.29, 1.82) is 10.5 Å². The van der Waals surface area contributed by atoms with Crippen molar-refractivity contribution in [2.45, 2.75) is 0 Å². The van der Waals surface area contributed by atoms with Gasteiger partial charge in [-0.1, -0.05) is 0 Å². The Bertz CT molecular complexity index is 624. The predicted molar refractivity (Wildman–Crippen MR) is 68.3 cm³/mol. The third-order valence-corrected chi connectivity index (χ3v) is 2.22. The van der Waals surface area contributed by atoms with Crippen LogP contribution in [0.3, 0.4) is 0 Å². The molecule has 0 aliphatic carbocycles. The van der Waals surface area contributed by atoms with E-state index in [1.54, 1.807) is 12.1 Å². The number of ether oxygens (including phenoxy) is 2. The van der Waals surface area contributed by atoms with Gasteiger partial charge >= 0.3 is 5.97 Å². The highest BCUT2D eigenvalue weighted by molar-refractivity contribution is 6.10. The van der Waals surface area contributed by atoms with E-state index in [2.05, 4.69) is 15.3 Å². The molecule has 0 radical (unpaired) electrons. The molecule has 0 spiro atoms. The number of anilines is 1. The average molecular weight is 274 g/mol. The van der Waals surface area contributed by atoms with Crippen molar-refractivity contribution >= 4 is 17.4 Å². The molecule has 0 fully saturated rings. The fourth-order valence-corrected chi connectivity index (χ4v) is 1.28. The lowest BCUT2D eigenvalue weighted by atomic mass is 10.1. The van der Waals surface area contributed by atoms with E-state index in [1.807, 2.05) is 0 Å². The predicted octanol–water partition coefficient (Wildman–Crippen LogP) is 1.00. The van der Waals surface area contributed by atoms with Gasteiger partial charge in [-0.15, -0.1) is 0 Å². The summed E-state index contributed by atoms with van der Waals surface area (Å²) in [5.41, 5.74) is 1.98. The molecule has 0 saturated carbocycles. The molecule has 1 aromatic carbocycles. The highest BCUT2D eigenvalue weighted by atomic mass is 16.5. The number of hydrazone groups is 1. The number of nitriles is 2. The molecule has 20 heavy (non-hydrogen) atoms. The monoisotopic (exact) mass is 274 g/mol. The average Bonchev–Trinajstić information content (AvgIpc) is 2.48. The van der Waals surface area contributed by atoms with E-state index in [9.17, 15) is 9.90 Å². The van der Waals surface area contributed by atoms with Crippen LogP contribution >= 0.6 is 0 Å². The van der Waals surface area contributed by atoms with E-state index >= 15 is 0 Å². The molecule has 0 amide bonds. The number of hydrogen-bond acceptors (Lipinski definition) is 8. The van der Waals surface area contributed by atoms with Crippen molar-refractivity contribution in [3.63, 3.8) is 0 Å². The lowest BCUT2D eigenvalue weighted by molar-refractivity contribution is 0.0600. The number of phenolic OH excluding ortho intramolecular Hbond substituents is 1. The lowest BCUT2D eigenvalue weighted by Gasteiger charge is -2.10. The summed E-state index contributed by atoms with van der Waals surface area (Å²) in [6.07, 6.45) is 0. The van der Waals surface area contributed by atoms with Crippen LogP contribution in [0.4, 0.5) is 5.69 Å². The van der Waals surface area contributed by atoms with E-state index in [-0.39, 0.29) is 22.7 Å². The minimum Gasteiger partial charge on any atom is -0.503 e. The minimum absolute atomic E-state index is 0.00671. The zero-order chi connectivity index (χ0) is 15.1. The normalized spacial score (nSPS) is 8.80. The molecule has 1 aromatic rings. The van der Waals surface area contributed by atoms with Gasteiger partial charge in [0.15, 0.2) is 11.5 Å². The number of rotatable bonds is 4. The van der Waals surface area contributed by atoms with Crippen molar-refractivity contribution in [2.75, 3.05) is 19.6 Å². The van der Waals surface area contributed by atoms with Crippen molar-refractivity contribution < 1.29 is 19.4 Å². The van der Waals surface area contributed by atoms with Gasteiger partial charge in [0.25, 0.3) is 0 Å². The number of nitrogens with zero attached hydrogens (tertiary/aromatic N) is 3. The molecule has 0 aromatic heterocycles. The van der Waals surface area contributed by atoms with Crippen LogP contribution in [0.2, 0.25) is 0 Å². The summed E-state index contributed by atoms with van der Waals surface area (Å²) in [4.78, 5) is 11.5. The lowest BCUT2D eigenvalue weighted by Crippen LogP contribution is -2.04. The van der Waals surface area contributed by atoms with Gasteiger partial charge in [0.1, 0.15) is 17.8 Å². The van der Waals surface area contributed by atoms with Crippen LogP contribution in [0, 0.1) is 22.7 Å². The standard InChI is InChI=1S/C12H10N4O4/c1-19-10-4-7(12(18)20-2)3-9(11(10)17)16-15-8(5-13)6-14/h3-4,16-17H,1-2H3. The quantitative estimate of drug-likeness (QED) is 0.362. The largest absolute Gasteiger partial charge is 0.503 e. The minimum atomic E-state index is -0.642. The van der Waals surface area contributed by atoms with Crippen LogP contribution in [-0.4, -0.2) is 31.0 Å². The maximum absolute atomic E-state index is 11.5. The number of esters is 1. The van der Waals surface area contributed by atoms with Crippen LogP contribution in [0.25, 0.3) is 0 Å². The van der Waals surface area contributed by atoms with Gasteiger partial charge in [-0.05, 0) is 12.1 Å². The van der Waals surface area contributed by atoms with Crippen LogP contribution in [0.15, 0.2) is 17.2 Å². The van der Waals surface area contributed by atoms with E-state index in [0.29, 0.717) is 0 Å². The Morgan fingerprint density at radius 2 is 2.00 bits per heavy atom. The van der Waals surface area contributed by atoms with Gasteiger partial charge < -0.3 is 14.6 Å². The maximum atomic E-state index is 11.5. The van der Waals surface area contributed by atoms with Crippen LogP contribution < -0.4 is 10.2 Å². The maximum Gasteiger partial charge on any atom is 0.338 e. The van der Waals surface area contributed by atoms with E-state index < -0.39 is 11.7 Å². The smallest absolute Gasteiger partial charge is 0.338 e. The number of carbonyl (C=O) groups is 1. The number of methoxy groups -OCH3 is 2. The summed E-state index contributed by atoms with van der Waals surface area (Å²) in [5, 5.41) is 30.4. The molecule has 8 heteroatoms. The zero-order valence-electron chi connectivity index (χ0n) is 10.7. The van der Waals surface area contributed by atoms with Gasteiger partial charge in [0.2, 0.25) is 5.71 Å². The first-order valence-electron chi connectivity index (χ1n) is 5.20. The Labute approximate surface area is 114 Å². The summed E-state index contributed by atoms with van der Waals surface area (Å²) in [6, 6.07) is 5.61. The van der Waals surface area contributed by atoms with Crippen LogP contribution in [0.5, 0.6) is 11.5 Å². The Morgan fingerprint density at radius 1 is 1.35 bits per heavy atom. The third kappa shape index (κ3) is 3.15. The summed E-state index contributed by atoms with van der Waals surface area (Å²) in [7, 11) is 2.51. The van der Waals surface area contributed by atoms with Gasteiger partial charge in [-0.2, -0.15) is 15.6 Å². The van der Waals surface area contributed by atoms with Gasteiger partial charge in [0.05, 0.1) is 19.8 Å². The number of phenols is 1. The number of nitrogens with one attached hydrogen (secondary N) is 1. The molecule has 8 nitrogen and oxygen atoms in total. The van der Waals surface area contributed by atoms with Crippen molar-refractivity contribution in [3.05, 3.63) is 17.7 Å². The number of carbonyl (C=O) groups excluding carboxylic acids is 1. The van der Waals surface area contributed by atoms with E-state index in [1.165, 1.54) is 26.4 Å². The topological polar surface area (TPSA) is 128 Å². The van der Waals surface area contributed by atoms with Crippen LogP contribution in [-0.2, 0) is 4.74 Å². The van der Waals surface area contributed by atoms with Gasteiger partial charge in [0, 0.05) is 0 Å². The molecule has 0 aliphatic heterocycles. The highest BCUT2D eigenvalue weighted by Crippen LogP contribution is 2.35. The molecule has 0 unspecified atom stereocenters. The summed E-state index contributed by atoms with van der Waals surface area (Å²) < 4.78 is 9.46.